The van der Waals surface area contributed by atoms with Gasteiger partial charge in [-0.3, -0.25) is 19.3 Å². The zero-order valence-electron chi connectivity index (χ0n) is 12.1. The standard InChI is InChI=1S/C12H19N3O6/c1-11(2)9(19)15(10(20)14-11)5-7(16)13-6-12(3,21)4-8(17)18/h21H,4-6H2,1-3H3,(H,13,16)(H,14,20)(H,17,18). The molecule has 0 aliphatic carbocycles. The van der Waals surface area contributed by atoms with E-state index in [1.54, 1.807) is 0 Å². The van der Waals surface area contributed by atoms with Crippen molar-refractivity contribution in [2.24, 2.45) is 0 Å². The highest BCUT2D eigenvalue weighted by molar-refractivity contribution is 6.08. The van der Waals surface area contributed by atoms with Crippen molar-refractivity contribution in [3.8, 4) is 0 Å². The Kier molecular flexibility index (Phi) is 4.57. The second kappa shape index (κ2) is 5.68. The molecule has 0 aromatic carbocycles. The molecule has 1 unspecified atom stereocenters. The third-order valence-corrected chi connectivity index (χ3v) is 2.94. The first kappa shape index (κ1) is 16.9. The third-order valence-electron chi connectivity index (χ3n) is 2.94. The van der Waals surface area contributed by atoms with Crippen molar-refractivity contribution >= 4 is 23.8 Å². The molecule has 0 bridgehead atoms. The molecule has 1 heterocycles. The Morgan fingerprint density at radius 1 is 1.38 bits per heavy atom. The second-order valence-corrected chi connectivity index (χ2v) is 5.79. The Balaban J connectivity index is 2.54. The first-order valence-corrected chi connectivity index (χ1v) is 6.29. The van der Waals surface area contributed by atoms with Gasteiger partial charge in [0.05, 0.1) is 12.0 Å². The van der Waals surface area contributed by atoms with E-state index < -0.39 is 47.9 Å². The number of carbonyl (C=O) groups is 4. The van der Waals surface area contributed by atoms with Crippen molar-refractivity contribution in [1.82, 2.24) is 15.5 Å². The number of imide groups is 1. The summed E-state index contributed by atoms with van der Waals surface area (Å²) in [5, 5.41) is 23.0. The van der Waals surface area contributed by atoms with Crippen LogP contribution in [0.2, 0.25) is 0 Å². The second-order valence-electron chi connectivity index (χ2n) is 5.79. The lowest BCUT2D eigenvalue weighted by atomic mass is 10.0. The average molecular weight is 301 g/mol. The van der Waals surface area contributed by atoms with Crippen LogP contribution in [-0.2, 0) is 14.4 Å². The molecule has 0 aromatic heterocycles. The van der Waals surface area contributed by atoms with E-state index in [1.165, 1.54) is 20.8 Å². The number of nitrogens with one attached hydrogen (secondary N) is 2. The number of carbonyl (C=O) groups excluding carboxylic acids is 3. The van der Waals surface area contributed by atoms with Crippen molar-refractivity contribution in [2.75, 3.05) is 13.1 Å². The number of hydrogen-bond acceptors (Lipinski definition) is 5. The number of amides is 4. The fourth-order valence-corrected chi connectivity index (χ4v) is 1.84. The van der Waals surface area contributed by atoms with E-state index in [0.29, 0.717) is 0 Å². The molecule has 0 saturated carbocycles. The van der Waals surface area contributed by atoms with E-state index in [2.05, 4.69) is 10.6 Å². The van der Waals surface area contributed by atoms with Crippen molar-refractivity contribution < 1.29 is 29.4 Å². The van der Waals surface area contributed by atoms with Gasteiger partial charge in [-0.1, -0.05) is 0 Å². The van der Waals surface area contributed by atoms with Gasteiger partial charge < -0.3 is 20.8 Å². The zero-order chi connectivity index (χ0) is 16.4. The van der Waals surface area contributed by atoms with Crippen LogP contribution in [0, 0.1) is 0 Å². The zero-order valence-corrected chi connectivity index (χ0v) is 12.1. The average Bonchev–Trinajstić information content (AvgIpc) is 2.47. The lowest BCUT2D eigenvalue weighted by molar-refractivity contribution is -0.142. The van der Waals surface area contributed by atoms with Gasteiger partial charge >= 0.3 is 12.0 Å². The summed E-state index contributed by atoms with van der Waals surface area (Å²) in [5.74, 6) is -2.40. The fourth-order valence-electron chi connectivity index (χ4n) is 1.84. The SMILES string of the molecule is CC(O)(CNC(=O)CN1C(=O)NC(C)(C)C1=O)CC(=O)O. The van der Waals surface area contributed by atoms with Crippen LogP contribution in [-0.4, -0.2) is 63.2 Å². The molecule has 9 nitrogen and oxygen atoms in total. The van der Waals surface area contributed by atoms with Gasteiger partial charge in [0, 0.05) is 6.54 Å². The summed E-state index contributed by atoms with van der Waals surface area (Å²) in [7, 11) is 0. The van der Waals surface area contributed by atoms with E-state index in [4.69, 9.17) is 5.11 Å². The number of carboxylic acid groups (broad SMARTS) is 1. The largest absolute Gasteiger partial charge is 0.481 e. The topological polar surface area (TPSA) is 136 Å². The van der Waals surface area contributed by atoms with E-state index >= 15 is 0 Å². The summed E-state index contributed by atoms with van der Waals surface area (Å²) in [6.45, 7) is 3.51. The van der Waals surface area contributed by atoms with Crippen LogP contribution in [0.1, 0.15) is 27.2 Å². The van der Waals surface area contributed by atoms with Crippen LogP contribution < -0.4 is 10.6 Å². The molecule has 4 amide bonds. The number of nitrogens with zero attached hydrogens (tertiary/aromatic N) is 1. The van der Waals surface area contributed by atoms with Gasteiger partial charge in [-0.15, -0.1) is 0 Å². The molecular weight excluding hydrogens is 282 g/mol. The summed E-state index contributed by atoms with van der Waals surface area (Å²) < 4.78 is 0. The van der Waals surface area contributed by atoms with Crippen LogP contribution in [0.4, 0.5) is 4.79 Å². The highest BCUT2D eigenvalue weighted by Gasteiger charge is 2.44. The minimum Gasteiger partial charge on any atom is -0.481 e. The van der Waals surface area contributed by atoms with E-state index in [-0.39, 0.29) is 6.54 Å². The summed E-state index contributed by atoms with van der Waals surface area (Å²) in [4.78, 5) is 46.4. The van der Waals surface area contributed by atoms with Gasteiger partial charge in [0.1, 0.15) is 12.1 Å². The Bertz CT molecular complexity index is 485. The van der Waals surface area contributed by atoms with Gasteiger partial charge in [-0.05, 0) is 20.8 Å². The molecule has 1 aliphatic rings. The van der Waals surface area contributed by atoms with Crippen molar-refractivity contribution in [1.29, 1.82) is 0 Å². The number of urea groups is 1. The predicted molar refractivity (Wildman–Crippen MR) is 70.2 cm³/mol. The predicted octanol–water partition coefficient (Wildman–Crippen LogP) is -1.34. The maximum atomic E-state index is 11.9. The van der Waals surface area contributed by atoms with E-state index in [1.807, 2.05) is 0 Å². The van der Waals surface area contributed by atoms with Crippen LogP contribution in [0.15, 0.2) is 0 Å². The highest BCUT2D eigenvalue weighted by Crippen LogP contribution is 2.16. The number of aliphatic carboxylic acids is 1. The van der Waals surface area contributed by atoms with Gasteiger partial charge in [0.15, 0.2) is 0 Å². The van der Waals surface area contributed by atoms with Crippen molar-refractivity contribution in [3.05, 3.63) is 0 Å². The number of rotatable bonds is 6. The normalized spacial score (nSPS) is 19.9. The Hall–Kier alpha value is -2.16. The molecule has 1 saturated heterocycles. The van der Waals surface area contributed by atoms with Crippen LogP contribution in [0.5, 0.6) is 0 Å². The Morgan fingerprint density at radius 2 is 1.95 bits per heavy atom. The van der Waals surface area contributed by atoms with Gasteiger partial charge in [0.2, 0.25) is 5.91 Å². The van der Waals surface area contributed by atoms with Crippen molar-refractivity contribution in [3.63, 3.8) is 0 Å². The molecule has 1 fully saturated rings. The van der Waals surface area contributed by atoms with E-state index in [0.717, 1.165) is 4.90 Å². The molecule has 0 radical (unpaired) electrons. The molecule has 1 rings (SSSR count). The molecule has 0 aromatic rings. The minimum atomic E-state index is -1.61. The summed E-state index contributed by atoms with van der Waals surface area (Å²) in [6, 6.07) is -0.669. The lowest BCUT2D eigenvalue weighted by Gasteiger charge is -2.22. The quantitative estimate of drug-likeness (QED) is 0.448. The minimum absolute atomic E-state index is 0.300. The summed E-state index contributed by atoms with van der Waals surface area (Å²) in [6.07, 6.45) is -0.538. The molecule has 9 heteroatoms. The van der Waals surface area contributed by atoms with Gasteiger partial charge in [-0.25, -0.2) is 4.79 Å². The van der Waals surface area contributed by atoms with E-state index in [9.17, 15) is 24.3 Å². The number of carboxylic acids is 1. The maximum Gasteiger partial charge on any atom is 0.325 e. The lowest BCUT2D eigenvalue weighted by Crippen LogP contribution is -2.47. The fraction of sp³-hybridized carbons (Fsp3) is 0.667. The molecule has 118 valence electrons. The molecule has 4 N–H and O–H groups in total. The van der Waals surface area contributed by atoms with Gasteiger partial charge in [0.25, 0.3) is 5.91 Å². The van der Waals surface area contributed by atoms with Crippen LogP contribution in [0.25, 0.3) is 0 Å². The molecular formula is C12H19N3O6. The first-order chi connectivity index (χ1) is 9.44. The molecule has 1 aliphatic heterocycles. The van der Waals surface area contributed by atoms with Crippen molar-refractivity contribution in [2.45, 2.75) is 38.3 Å². The monoisotopic (exact) mass is 301 g/mol. The Morgan fingerprint density at radius 3 is 2.38 bits per heavy atom. The van der Waals surface area contributed by atoms with Gasteiger partial charge in [-0.2, -0.15) is 0 Å². The highest BCUT2D eigenvalue weighted by atomic mass is 16.4. The third kappa shape index (κ3) is 4.42. The summed E-state index contributed by atoms with van der Waals surface area (Å²) in [5.41, 5.74) is -2.68. The molecule has 21 heavy (non-hydrogen) atoms. The maximum absolute atomic E-state index is 11.9. The summed E-state index contributed by atoms with van der Waals surface area (Å²) >= 11 is 0. The number of hydrogen-bond donors (Lipinski definition) is 4. The smallest absolute Gasteiger partial charge is 0.325 e. The van der Waals surface area contributed by atoms with Crippen LogP contribution in [0.3, 0.4) is 0 Å². The van der Waals surface area contributed by atoms with Crippen LogP contribution >= 0.6 is 0 Å². The molecule has 1 atom stereocenters. The Labute approximate surface area is 121 Å². The first-order valence-electron chi connectivity index (χ1n) is 6.29. The molecule has 0 spiro atoms. The number of aliphatic hydroxyl groups is 1.